The predicted molar refractivity (Wildman–Crippen MR) is 172 cm³/mol. The number of carbonyl (C=O) groups is 1. The van der Waals surface area contributed by atoms with E-state index < -0.39 is 6.68 Å². The Labute approximate surface area is 266 Å². The Balaban J connectivity index is 0. The predicted octanol–water partition coefficient (Wildman–Crippen LogP) is 7.82. The molecule has 0 unspecified atom stereocenters. The molecule has 1 aromatic carbocycles. The SMILES string of the molecule is C/C=C\C.CC/C=C(\C)[N+](=O)[O-].CSc1n[nH]c(=O)n1-c1cc(Cl)c(OCCCC(=O)N(C)C)cc1C(C)(C)C.FC(F)F. The van der Waals surface area contributed by atoms with Crippen molar-refractivity contribution in [3.05, 3.63) is 67.2 Å². The van der Waals surface area contributed by atoms with Crippen LogP contribution in [0.4, 0.5) is 13.2 Å². The normalized spacial score (nSPS) is 11.1. The quantitative estimate of drug-likeness (QED) is 0.0951. The van der Waals surface area contributed by atoms with E-state index in [4.69, 9.17) is 16.3 Å². The van der Waals surface area contributed by atoms with Crippen molar-refractivity contribution < 1.29 is 27.6 Å². The Kier molecular flexibility index (Phi) is 21.7. The van der Waals surface area contributed by atoms with Crippen molar-refractivity contribution >= 4 is 29.3 Å². The van der Waals surface area contributed by atoms with Gasteiger partial charge in [-0.2, -0.15) is 13.2 Å². The molecule has 2 aromatic rings. The molecule has 0 aliphatic carbocycles. The number of aromatic nitrogens is 3. The van der Waals surface area contributed by atoms with E-state index >= 15 is 0 Å². The summed E-state index contributed by atoms with van der Waals surface area (Å²) < 4.78 is 36.4. The number of thioether (sulfide) groups is 1. The van der Waals surface area contributed by atoms with Crippen LogP contribution in [-0.4, -0.2) is 64.1 Å². The zero-order valence-corrected chi connectivity index (χ0v) is 28.6. The van der Waals surface area contributed by atoms with Crippen LogP contribution in [0.2, 0.25) is 5.02 Å². The highest BCUT2D eigenvalue weighted by atomic mass is 35.5. The summed E-state index contributed by atoms with van der Waals surface area (Å²) in [5, 5.41) is 17.3. The van der Waals surface area contributed by atoms with Crippen LogP contribution in [0.1, 0.15) is 73.3 Å². The molecule has 1 heterocycles. The van der Waals surface area contributed by atoms with E-state index in [9.17, 15) is 32.9 Å². The highest BCUT2D eigenvalue weighted by Gasteiger charge is 2.24. The summed E-state index contributed by atoms with van der Waals surface area (Å²) in [6.45, 7) is 10.2. The lowest BCUT2D eigenvalue weighted by molar-refractivity contribution is -0.424. The number of aromatic amines is 1. The lowest BCUT2D eigenvalue weighted by atomic mass is 9.85. The van der Waals surface area contributed by atoms with E-state index in [1.165, 1.54) is 23.3 Å². The number of H-pyrrole nitrogens is 1. The molecule has 0 atom stereocenters. The van der Waals surface area contributed by atoms with Crippen LogP contribution >= 0.6 is 23.4 Å². The number of amides is 1. The van der Waals surface area contributed by atoms with Crippen LogP contribution in [0.3, 0.4) is 0 Å². The van der Waals surface area contributed by atoms with E-state index in [0.29, 0.717) is 41.1 Å². The number of carbonyl (C=O) groups excluding carboxylic acids is 1. The summed E-state index contributed by atoms with van der Waals surface area (Å²) in [5.74, 6) is 0.597. The van der Waals surface area contributed by atoms with Gasteiger partial charge in [0.15, 0.2) is 5.16 Å². The molecule has 0 saturated carbocycles. The summed E-state index contributed by atoms with van der Waals surface area (Å²) >= 11 is 7.83. The fourth-order valence-electron chi connectivity index (χ4n) is 3.07. The van der Waals surface area contributed by atoms with Crippen molar-refractivity contribution in [2.45, 2.75) is 85.0 Å². The van der Waals surface area contributed by atoms with Gasteiger partial charge in [0.2, 0.25) is 11.6 Å². The minimum Gasteiger partial charge on any atom is -0.492 e. The average molecular weight is 668 g/mol. The zero-order chi connectivity index (χ0) is 34.6. The molecule has 1 N–H and O–H groups in total. The van der Waals surface area contributed by atoms with Crippen LogP contribution in [0, 0.1) is 10.1 Å². The number of halogens is 4. The molecule has 0 aliphatic heterocycles. The Hall–Kier alpha value is -3.26. The summed E-state index contributed by atoms with van der Waals surface area (Å²) in [7, 11) is 3.46. The summed E-state index contributed by atoms with van der Waals surface area (Å²) in [5.41, 5.74) is 1.24. The third-order valence-corrected chi connectivity index (χ3v) is 6.27. The summed E-state index contributed by atoms with van der Waals surface area (Å²) in [4.78, 5) is 35.0. The van der Waals surface area contributed by atoms with Crippen LogP contribution < -0.4 is 10.4 Å². The van der Waals surface area contributed by atoms with Gasteiger partial charge < -0.3 is 9.64 Å². The molecule has 0 radical (unpaired) electrons. The van der Waals surface area contributed by atoms with Crippen molar-refractivity contribution in [3.63, 3.8) is 0 Å². The van der Waals surface area contributed by atoms with E-state index in [0.717, 1.165) is 12.0 Å². The van der Waals surface area contributed by atoms with E-state index in [1.807, 2.05) is 45.2 Å². The maximum atomic E-state index is 12.3. The van der Waals surface area contributed by atoms with E-state index in [2.05, 4.69) is 31.0 Å². The van der Waals surface area contributed by atoms with Gasteiger partial charge in [-0.25, -0.2) is 14.5 Å². The van der Waals surface area contributed by atoms with Crippen molar-refractivity contribution in [3.8, 4) is 11.4 Å². The van der Waals surface area contributed by atoms with Crippen molar-refractivity contribution in [2.75, 3.05) is 27.0 Å². The number of benzene rings is 1. The number of hydrogen-bond donors (Lipinski definition) is 1. The summed E-state index contributed by atoms with van der Waals surface area (Å²) in [6, 6.07) is 3.61. The molecule has 1 amide bonds. The molecule has 1 aromatic heterocycles. The highest BCUT2D eigenvalue weighted by molar-refractivity contribution is 7.98. The number of ether oxygens (including phenoxy) is 1. The molecule has 0 fully saturated rings. The number of hydrogen-bond acceptors (Lipinski definition) is 7. The van der Waals surface area contributed by atoms with Gasteiger partial charge in [0, 0.05) is 27.4 Å². The van der Waals surface area contributed by atoms with Crippen molar-refractivity contribution in [1.29, 1.82) is 0 Å². The minimum absolute atomic E-state index is 0.0596. The van der Waals surface area contributed by atoms with Crippen LogP contribution in [0.15, 0.2) is 46.0 Å². The van der Waals surface area contributed by atoms with Gasteiger partial charge in [-0.05, 0) is 62.1 Å². The van der Waals surface area contributed by atoms with Crippen molar-refractivity contribution in [1.82, 2.24) is 19.7 Å². The lowest BCUT2D eigenvalue weighted by Crippen LogP contribution is -2.22. The fourth-order valence-corrected chi connectivity index (χ4v) is 3.78. The molecule has 0 saturated heterocycles. The number of allylic oxidation sites excluding steroid dienone is 4. The van der Waals surface area contributed by atoms with Crippen LogP contribution in [0.25, 0.3) is 5.69 Å². The molecule has 250 valence electrons. The standard InChI is InChI=1S/C19H27ClN4O3S.C5H9NO2.C4H8.CHF3/c1-19(2,3)12-10-15(27-9-7-8-16(25)23(4)5)13(20)11-14(12)24-17(26)21-22-18(24)28-6;1-3-4-5(2)6(7)8;1-3-4-2;2-1(3)4/h10-11H,7-9H2,1-6H3,(H,21,26);4H,3H2,1-2H3;3-4H,1-2H3;1H/b;5-4+;4-3-;. The van der Waals surface area contributed by atoms with Gasteiger partial charge in [-0.1, -0.05) is 63.2 Å². The third kappa shape index (κ3) is 17.1. The maximum Gasteiger partial charge on any atom is 0.379 e. The third-order valence-electron chi connectivity index (χ3n) is 5.34. The lowest BCUT2D eigenvalue weighted by Gasteiger charge is -2.25. The topological polar surface area (TPSA) is 123 Å². The molecule has 44 heavy (non-hydrogen) atoms. The Morgan fingerprint density at radius 3 is 2.18 bits per heavy atom. The largest absolute Gasteiger partial charge is 0.492 e. The second kappa shape index (κ2) is 22.3. The first kappa shape index (κ1) is 42.9. The Bertz CT molecular complexity index is 1270. The molecule has 0 aliphatic rings. The smallest absolute Gasteiger partial charge is 0.379 e. The molecule has 0 spiro atoms. The first-order valence-corrected chi connectivity index (χ1v) is 15.2. The molecule has 15 heteroatoms. The highest BCUT2D eigenvalue weighted by Crippen LogP contribution is 2.37. The van der Waals surface area contributed by atoms with Crippen LogP contribution in [-0.2, 0) is 10.2 Å². The fraction of sp³-hybridized carbons (Fsp3) is 0.552. The number of nitrogens with zero attached hydrogens (tertiary/aromatic N) is 4. The van der Waals surface area contributed by atoms with Gasteiger partial charge >= 0.3 is 12.4 Å². The Morgan fingerprint density at radius 1 is 1.25 bits per heavy atom. The number of alkyl halides is 3. The van der Waals surface area contributed by atoms with Gasteiger partial charge in [0.05, 0.1) is 22.2 Å². The van der Waals surface area contributed by atoms with Crippen molar-refractivity contribution in [2.24, 2.45) is 0 Å². The average Bonchev–Trinajstić information content (AvgIpc) is 3.31. The second-order valence-corrected chi connectivity index (χ2v) is 11.2. The first-order chi connectivity index (χ1) is 20.4. The number of rotatable bonds is 9. The summed E-state index contributed by atoms with van der Waals surface area (Å²) in [6.07, 6.45) is 9.18. The molecular weight excluding hydrogens is 623 g/mol. The van der Waals surface area contributed by atoms with Gasteiger partial charge in [-0.15, -0.1) is 5.10 Å². The van der Waals surface area contributed by atoms with Gasteiger partial charge in [0.25, 0.3) is 0 Å². The first-order valence-electron chi connectivity index (χ1n) is 13.6. The second-order valence-electron chi connectivity index (χ2n) is 10.1. The number of nitro groups is 1. The molecule has 2 rings (SSSR count). The molecular formula is C29H45ClF3N5O5S. The Morgan fingerprint density at radius 2 is 1.80 bits per heavy atom. The van der Waals surface area contributed by atoms with Gasteiger partial charge in [0.1, 0.15) is 5.75 Å². The zero-order valence-electron chi connectivity index (χ0n) is 27.0. The van der Waals surface area contributed by atoms with E-state index in [1.54, 1.807) is 31.1 Å². The number of nitrogens with one attached hydrogen (secondary N) is 1. The maximum absolute atomic E-state index is 12.3. The monoisotopic (exact) mass is 667 g/mol. The van der Waals surface area contributed by atoms with E-state index in [-0.39, 0.29) is 27.6 Å². The van der Waals surface area contributed by atoms with Crippen LogP contribution in [0.5, 0.6) is 5.75 Å². The molecule has 10 nitrogen and oxygen atoms in total. The minimum atomic E-state index is -3.67. The van der Waals surface area contributed by atoms with Gasteiger partial charge in [-0.3, -0.25) is 14.9 Å². The molecule has 0 bridgehead atoms.